The average molecular weight is 887 g/mol. The van der Waals surface area contributed by atoms with Crippen LogP contribution in [0.1, 0.15) is 96.7 Å². The van der Waals surface area contributed by atoms with Gasteiger partial charge in [-0.05, 0) is 76.2 Å². The molecule has 1 saturated carbocycles. The number of piperidine rings is 2. The van der Waals surface area contributed by atoms with Crippen LogP contribution in [-0.2, 0) is 16.6 Å². The zero-order valence-corrected chi connectivity index (χ0v) is 35.7. The first-order chi connectivity index (χ1) is 30.7. The number of aryl methyl sites for hydroxylation is 1. The number of anilines is 1. The van der Waals surface area contributed by atoms with Crippen LogP contribution in [0.5, 0.6) is 0 Å². The number of fused-ring (bicyclic) bond motifs is 2. The van der Waals surface area contributed by atoms with Gasteiger partial charge in [-0.3, -0.25) is 38.4 Å². The number of carbonyl (C=O) groups excluding carboxylic acids is 3. The molecule has 4 aromatic heterocycles. The van der Waals surface area contributed by atoms with Crippen molar-refractivity contribution in [1.29, 1.82) is 0 Å². The number of rotatable bonds is 9. The molecule has 1 aromatic carbocycles. The summed E-state index contributed by atoms with van der Waals surface area (Å²) < 4.78 is 64.4. The maximum Gasteiger partial charge on any atom is 0.329 e. The molecule has 7 heterocycles. The molecule has 0 radical (unpaired) electrons. The highest BCUT2D eigenvalue weighted by Gasteiger charge is 2.45. The Morgan fingerprint density at radius 3 is 2.48 bits per heavy atom. The predicted octanol–water partition coefficient (Wildman–Crippen LogP) is 4.20. The topological polar surface area (TPSA) is 160 Å². The summed E-state index contributed by atoms with van der Waals surface area (Å²) in [6.45, 7) is 5.01. The van der Waals surface area contributed by atoms with E-state index in [1.165, 1.54) is 43.0 Å². The molecule has 2 atom stereocenters. The lowest BCUT2D eigenvalue weighted by atomic mass is 9.85. The lowest BCUT2D eigenvalue weighted by Gasteiger charge is -2.37. The molecule has 4 fully saturated rings. The van der Waals surface area contributed by atoms with E-state index in [1.54, 1.807) is 25.1 Å². The minimum atomic E-state index is -3.02. The highest BCUT2D eigenvalue weighted by Crippen LogP contribution is 2.40. The van der Waals surface area contributed by atoms with E-state index >= 15 is 0 Å². The van der Waals surface area contributed by atoms with Crippen LogP contribution >= 0.6 is 0 Å². The van der Waals surface area contributed by atoms with Crippen LogP contribution in [0.2, 0.25) is 0 Å². The van der Waals surface area contributed by atoms with Crippen LogP contribution in [0.25, 0.3) is 16.7 Å². The summed E-state index contributed by atoms with van der Waals surface area (Å²) in [7, 11) is 3.30. The largest absolute Gasteiger partial charge is 0.329 e. The van der Waals surface area contributed by atoms with Crippen molar-refractivity contribution in [2.75, 3.05) is 64.7 Å². The van der Waals surface area contributed by atoms with Crippen LogP contribution in [-0.4, -0.2) is 131 Å². The molecule has 1 aliphatic carbocycles. The van der Waals surface area contributed by atoms with Crippen LogP contribution in [0.15, 0.2) is 47.7 Å². The number of carbonyl (C=O) groups is 3. The third kappa shape index (κ3) is 8.55. The van der Waals surface area contributed by atoms with Crippen LogP contribution in [0.3, 0.4) is 0 Å². The summed E-state index contributed by atoms with van der Waals surface area (Å²) in [4.78, 5) is 61.9. The second kappa shape index (κ2) is 17.6. The molecule has 0 bridgehead atoms. The average Bonchev–Trinajstić information content (AvgIpc) is 3.96. The number of hydrogen-bond donors (Lipinski definition) is 2. The van der Waals surface area contributed by atoms with Crippen LogP contribution < -0.4 is 16.3 Å². The number of benzene rings is 1. The molecule has 2 N–H and O–H groups in total. The molecule has 3 amide bonds. The maximum absolute atomic E-state index is 15.0. The Hall–Kier alpha value is -5.91. The lowest BCUT2D eigenvalue weighted by molar-refractivity contribution is -0.135. The van der Waals surface area contributed by atoms with Gasteiger partial charge in [0.15, 0.2) is 11.3 Å². The number of alkyl halides is 4. The summed E-state index contributed by atoms with van der Waals surface area (Å²) in [5, 5.41) is 13.3. The maximum atomic E-state index is 15.0. The minimum Gasteiger partial charge on any atom is -0.319 e. The summed E-state index contributed by atoms with van der Waals surface area (Å²) in [5.41, 5.74) is 1.12. The lowest BCUT2D eigenvalue weighted by Crippen LogP contribution is -2.48. The number of piperazine rings is 1. The predicted molar refractivity (Wildman–Crippen MR) is 227 cm³/mol. The Balaban J connectivity index is 0.774. The summed E-state index contributed by atoms with van der Waals surface area (Å²) in [5.74, 6) is 1.27. The molecule has 0 spiro atoms. The second-order valence-corrected chi connectivity index (χ2v) is 17.6. The molecule has 16 nitrogen and oxygen atoms in total. The number of amides is 3. The van der Waals surface area contributed by atoms with E-state index in [0.29, 0.717) is 35.6 Å². The second-order valence-electron chi connectivity index (χ2n) is 17.6. The zero-order valence-electron chi connectivity index (χ0n) is 35.7. The van der Waals surface area contributed by atoms with E-state index < -0.39 is 48.4 Å². The smallest absolute Gasteiger partial charge is 0.319 e. The highest BCUT2D eigenvalue weighted by atomic mass is 19.3. The Kier molecular flexibility index (Phi) is 11.9. The number of imide groups is 1. The van der Waals surface area contributed by atoms with Crippen molar-refractivity contribution >= 4 is 40.1 Å². The van der Waals surface area contributed by atoms with Gasteiger partial charge < -0.3 is 15.1 Å². The van der Waals surface area contributed by atoms with E-state index in [0.717, 1.165) is 58.4 Å². The Bertz CT molecular complexity index is 2720. The summed E-state index contributed by atoms with van der Waals surface area (Å²) in [6, 6.07) is 6.07. The third-order valence-electron chi connectivity index (χ3n) is 13.3. The van der Waals surface area contributed by atoms with Gasteiger partial charge in [0.05, 0.1) is 59.2 Å². The Labute approximate surface area is 365 Å². The van der Waals surface area contributed by atoms with Crippen LogP contribution in [0.4, 0.5) is 23.2 Å². The van der Waals surface area contributed by atoms with Gasteiger partial charge in [-0.1, -0.05) is 17.9 Å². The van der Waals surface area contributed by atoms with Crippen LogP contribution in [0, 0.1) is 17.8 Å². The fourth-order valence-electron chi connectivity index (χ4n) is 9.85. The van der Waals surface area contributed by atoms with Crippen molar-refractivity contribution in [2.45, 2.75) is 75.3 Å². The van der Waals surface area contributed by atoms with Gasteiger partial charge in [0.1, 0.15) is 11.6 Å². The van der Waals surface area contributed by atoms with Crippen molar-refractivity contribution in [2.24, 2.45) is 13.0 Å². The number of nitrogens with one attached hydrogen (secondary N) is 2. The van der Waals surface area contributed by atoms with Gasteiger partial charge >= 0.3 is 5.69 Å². The van der Waals surface area contributed by atoms with Gasteiger partial charge in [-0.25, -0.2) is 31.9 Å². The van der Waals surface area contributed by atoms with Crippen molar-refractivity contribution in [3.05, 3.63) is 75.9 Å². The van der Waals surface area contributed by atoms with Gasteiger partial charge in [0, 0.05) is 58.6 Å². The minimum absolute atomic E-state index is 0.0243. The number of hydrogen-bond acceptors (Lipinski definition) is 10. The number of imidazole rings is 1. The summed E-state index contributed by atoms with van der Waals surface area (Å²) in [6.07, 6.45) is 5.14. The van der Waals surface area contributed by atoms with E-state index in [4.69, 9.17) is 0 Å². The third-order valence-corrected chi connectivity index (χ3v) is 13.3. The molecule has 5 aromatic rings. The molecule has 9 rings (SSSR count). The number of halogens is 4. The Morgan fingerprint density at radius 2 is 1.75 bits per heavy atom. The molecule has 4 aliphatic rings. The number of para-hydroxylation sites is 1. The monoisotopic (exact) mass is 886 g/mol. The molecule has 3 aliphatic heterocycles. The standard InChI is InChI=1S/C44H50F4N12O4/c1-54-17-14-31(44(47,48)26-54)32-15-18-58-40(50-32)30(23-49-58)41(62)51-33-25-59(53-37(33)39(45)46)29-10-8-27(9-11-29)24-57-21-19-56(20-22-57)16-4-6-28-5-3-7-34-38(28)55(2)43(64)60(34)35-12-13-36(61)52-42(35)63/h3,5,7,15,18,23,25,27,29,31,35,39H,8-14,16-17,19-22,24,26H2,1-2H3,(H,51,62)(H,52,61,63). The van der Waals surface area contributed by atoms with Gasteiger partial charge in [-0.2, -0.15) is 10.2 Å². The first-order valence-electron chi connectivity index (χ1n) is 21.8. The molecule has 338 valence electrons. The Morgan fingerprint density at radius 1 is 0.984 bits per heavy atom. The highest BCUT2D eigenvalue weighted by molar-refractivity contribution is 6.08. The number of nitrogens with zero attached hydrogens (tertiary/aromatic N) is 10. The van der Waals surface area contributed by atoms with E-state index in [2.05, 4.69) is 47.5 Å². The molecular formula is C44H50F4N12O4. The number of likely N-dealkylation sites (tertiary alicyclic amines) is 1. The van der Waals surface area contributed by atoms with Crippen molar-refractivity contribution in [3.8, 4) is 11.8 Å². The fraction of sp³-hybridized carbons (Fsp3) is 0.523. The van der Waals surface area contributed by atoms with Gasteiger partial charge in [0.25, 0.3) is 18.3 Å². The molecule has 64 heavy (non-hydrogen) atoms. The van der Waals surface area contributed by atoms with Crippen molar-refractivity contribution in [3.63, 3.8) is 0 Å². The van der Waals surface area contributed by atoms with E-state index in [1.807, 2.05) is 12.1 Å². The molecular weight excluding hydrogens is 837 g/mol. The van der Waals surface area contributed by atoms with Gasteiger partial charge in [-0.15, -0.1) is 0 Å². The molecule has 2 unspecified atom stereocenters. The molecule has 20 heteroatoms. The SMILES string of the molecule is CN1CCC(c2ccn3ncc(C(=O)Nc4cn(C5CCC(CN6CCN(CC#Cc7cccc8c7n(C)c(=O)n8C7CCC(=O)NC7=O)CC6)CC5)nc4C(F)F)c3n2)C(F)(F)C1. The number of aromatic nitrogens is 7. The first kappa shape index (κ1) is 43.3. The van der Waals surface area contributed by atoms with Gasteiger partial charge in [0.2, 0.25) is 11.8 Å². The van der Waals surface area contributed by atoms with Crippen molar-refractivity contribution in [1.82, 2.24) is 53.5 Å². The molecule has 3 saturated heterocycles. The van der Waals surface area contributed by atoms with Crippen molar-refractivity contribution < 1.29 is 31.9 Å². The fourth-order valence-corrected chi connectivity index (χ4v) is 9.85. The summed E-state index contributed by atoms with van der Waals surface area (Å²) >= 11 is 0. The normalized spacial score (nSPS) is 23.7. The quantitative estimate of drug-likeness (QED) is 0.125. The van der Waals surface area contributed by atoms with E-state index in [-0.39, 0.29) is 59.5 Å². The van der Waals surface area contributed by atoms with E-state index in [9.17, 15) is 36.7 Å². The zero-order chi connectivity index (χ0) is 44.9. The first-order valence-corrected chi connectivity index (χ1v) is 21.8.